The van der Waals surface area contributed by atoms with Crippen molar-refractivity contribution in [2.75, 3.05) is 0 Å². The van der Waals surface area contributed by atoms with Crippen LogP contribution in [0.25, 0.3) is 19.5 Å². The Balaban J connectivity index is 0.000000242. The number of unbranched alkanes of at least 4 members (excludes halogenated alkanes) is 4. The predicted molar refractivity (Wildman–Crippen MR) is 304 cm³/mol. The van der Waals surface area contributed by atoms with Crippen molar-refractivity contribution in [2.45, 2.75) is 212 Å². The molecule has 8 heteroatoms. The van der Waals surface area contributed by atoms with Gasteiger partial charge in [0.2, 0.25) is 0 Å². The Kier molecular flexibility index (Phi) is 21.2. The summed E-state index contributed by atoms with van der Waals surface area (Å²) in [6.45, 7) is 19.3. The van der Waals surface area contributed by atoms with E-state index in [4.69, 9.17) is 0 Å². The number of hydrogen-bond acceptors (Lipinski definition) is 4. The second kappa shape index (κ2) is 24.4. The van der Waals surface area contributed by atoms with Crippen molar-refractivity contribution in [1.82, 2.24) is 0 Å². The average molecular weight is 1160 g/mol. The fourth-order valence-corrected chi connectivity index (χ4v) is 43.0. The normalized spacial score (nSPS) is 16.9. The summed E-state index contributed by atoms with van der Waals surface area (Å²) in [5.41, 5.74) is 0. The molecule has 0 bridgehead atoms. The Morgan fingerprint density at radius 1 is 0.419 bits per heavy atom. The molecule has 4 unspecified atom stereocenters. The Morgan fingerprint density at radius 3 is 0.968 bits per heavy atom. The first-order chi connectivity index (χ1) is 29.6. The summed E-state index contributed by atoms with van der Waals surface area (Å²) in [7, 11) is -3.39. The molecule has 6 heterocycles. The zero-order chi connectivity index (χ0) is 45.3. The number of thiophene rings is 4. The van der Waals surface area contributed by atoms with Crippen LogP contribution in [-0.4, -0.2) is 52.9 Å². The molecule has 348 valence electrons. The van der Waals surface area contributed by atoms with Crippen LogP contribution in [0.5, 0.6) is 0 Å². The van der Waals surface area contributed by atoms with Gasteiger partial charge >= 0.3 is 238 Å². The number of fused-ring (bicyclic) bond motifs is 6. The molecule has 0 nitrogen and oxygen atoms in total. The van der Waals surface area contributed by atoms with Gasteiger partial charge in [-0.3, -0.25) is 0 Å². The van der Waals surface area contributed by atoms with Gasteiger partial charge in [0, 0.05) is 9.75 Å². The summed E-state index contributed by atoms with van der Waals surface area (Å²) >= 11 is 4.31. The van der Waals surface area contributed by atoms with Gasteiger partial charge in [0.25, 0.3) is 0 Å². The van der Waals surface area contributed by atoms with Crippen LogP contribution in [0.15, 0.2) is 35.0 Å². The van der Waals surface area contributed by atoms with Crippen LogP contribution in [0.1, 0.15) is 158 Å². The zero-order valence-electron chi connectivity index (χ0n) is 42.5. The van der Waals surface area contributed by atoms with E-state index in [1.165, 1.54) is 127 Å². The van der Waals surface area contributed by atoms with E-state index < -0.39 is 52.9 Å². The fourth-order valence-electron chi connectivity index (χ4n) is 11.4. The first kappa shape index (κ1) is 53.8. The summed E-state index contributed by atoms with van der Waals surface area (Å²) in [6.07, 6.45) is 22.2. The topological polar surface area (TPSA) is 0 Å². The standard InChI is InChI=1S/C24H38S2Si.C24H36S2Si.6CH3.2Sn/c2*1-5-9-11-19(7-3)17-27(18-20(8-4)12-10-6-2)21-13-15-25-23(21)24-22(27)14-16-26-24;;;;;;;;/h13-16,19-20H,5-12,17-18H2,1-4H3;13-14,19-20H,5-12,17-18H2,1-4H3;6*1H3;;. The predicted octanol–water partition coefficient (Wildman–Crippen LogP) is 16.7. The zero-order valence-corrected chi connectivity index (χ0v) is 53.5. The largest absolute Gasteiger partial charge is 0.143 e. The van der Waals surface area contributed by atoms with Crippen molar-refractivity contribution in [3.63, 3.8) is 0 Å². The van der Waals surface area contributed by atoms with E-state index in [1.807, 2.05) is 49.2 Å². The van der Waals surface area contributed by atoms with Gasteiger partial charge < -0.3 is 0 Å². The molecule has 0 radical (unpaired) electrons. The van der Waals surface area contributed by atoms with Gasteiger partial charge in [-0.05, 0) is 45.1 Å². The molecule has 62 heavy (non-hydrogen) atoms. The van der Waals surface area contributed by atoms with Gasteiger partial charge in [-0.25, -0.2) is 0 Å². The van der Waals surface area contributed by atoms with Crippen molar-refractivity contribution in [3.05, 3.63) is 35.0 Å². The van der Waals surface area contributed by atoms with E-state index in [0.717, 1.165) is 23.7 Å². The van der Waals surface area contributed by atoms with E-state index in [0.29, 0.717) is 0 Å². The van der Waals surface area contributed by atoms with E-state index in [9.17, 15) is 0 Å². The SMILES string of the molecule is CCCCC(CC)C[Si]1(CC(CC)CCCC)c2c[c]([Sn]([CH3])([CH3])[CH3])sc2-c2s[c]([Sn]([CH3])([CH3])[CH3])cc21.CCCCC(CC)C[Si]1(CC(CC)CCCC)c2ccsc2-c2sccc21. The van der Waals surface area contributed by atoms with Crippen LogP contribution in [0.3, 0.4) is 0 Å². The van der Waals surface area contributed by atoms with Crippen molar-refractivity contribution < 1.29 is 0 Å². The minimum atomic E-state index is -2.12. The van der Waals surface area contributed by atoms with E-state index in [-0.39, 0.29) is 0 Å². The Labute approximate surface area is 410 Å². The van der Waals surface area contributed by atoms with Gasteiger partial charge in [0.15, 0.2) is 0 Å². The van der Waals surface area contributed by atoms with Gasteiger partial charge in [0.05, 0.1) is 0 Å². The third-order valence-electron chi connectivity index (χ3n) is 15.5. The summed E-state index contributed by atoms with van der Waals surface area (Å²) < 4.78 is 3.67. The maximum absolute atomic E-state index is 2.84. The van der Waals surface area contributed by atoms with Crippen molar-refractivity contribution in [2.24, 2.45) is 23.7 Å². The molecule has 2 aliphatic heterocycles. The Morgan fingerprint density at radius 2 is 0.710 bits per heavy atom. The average Bonchev–Trinajstić information content (AvgIpc) is 4.10. The molecule has 0 N–H and O–H groups in total. The summed E-state index contributed by atoms with van der Waals surface area (Å²) in [4.78, 5) is 22.7. The first-order valence-corrected chi connectivity index (χ1v) is 54.3. The van der Waals surface area contributed by atoms with Gasteiger partial charge in [-0.15, -0.1) is 22.7 Å². The molecular formula is C54H92S4Si2Sn2. The molecule has 6 rings (SSSR count). The van der Waals surface area contributed by atoms with E-state index in [1.54, 1.807) is 19.5 Å². The van der Waals surface area contributed by atoms with Crippen molar-refractivity contribution in [1.29, 1.82) is 0 Å². The third-order valence-corrected chi connectivity index (χ3v) is 50.3. The third kappa shape index (κ3) is 12.3. The molecule has 0 fully saturated rings. The van der Waals surface area contributed by atoms with Crippen LogP contribution in [0.2, 0.25) is 53.8 Å². The van der Waals surface area contributed by atoms with Crippen molar-refractivity contribution in [3.8, 4) is 19.5 Å². The molecule has 4 aromatic rings. The van der Waals surface area contributed by atoms with Crippen LogP contribution in [-0.2, 0) is 0 Å². The molecule has 4 atom stereocenters. The Hall–Kier alpha value is 0.831. The number of rotatable bonds is 26. The number of hydrogen-bond donors (Lipinski definition) is 0. The van der Waals surface area contributed by atoms with Gasteiger partial charge in [-0.2, -0.15) is 0 Å². The molecule has 0 spiro atoms. The second-order valence-corrected chi connectivity index (χ2v) is 65.1. The molecule has 0 aromatic carbocycles. The molecule has 4 aromatic heterocycles. The first-order valence-electron chi connectivity index (χ1n) is 26.1. The van der Waals surface area contributed by atoms with Crippen molar-refractivity contribution >= 4 is 125 Å². The molecular weight excluding hydrogens is 1070 g/mol. The minimum absolute atomic E-state index is 0.909. The van der Waals surface area contributed by atoms with E-state index >= 15 is 0 Å². The van der Waals surface area contributed by atoms with Crippen LogP contribution in [0.4, 0.5) is 0 Å². The van der Waals surface area contributed by atoms with Gasteiger partial charge in [-0.1, -0.05) is 91.2 Å². The molecule has 0 saturated carbocycles. The van der Waals surface area contributed by atoms with Crippen LogP contribution >= 0.6 is 45.3 Å². The maximum Gasteiger partial charge on any atom is 0.122 e. The smallest absolute Gasteiger partial charge is 0.122 e. The molecule has 2 aliphatic rings. The van der Waals surface area contributed by atoms with Crippen LogP contribution < -0.4 is 26.5 Å². The Bertz CT molecular complexity index is 1800. The minimum Gasteiger partial charge on any atom is -0.143 e. The molecule has 0 amide bonds. The maximum atomic E-state index is 2.84. The quantitative estimate of drug-likeness (QED) is 0.0550. The summed E-state index contributed by atoms with van der Waals surface area (Å²) in [5, 5.41) is 12.2. The van der Waals surface area contributed by atoms with E-state index in [2.05, 4.69) is 143 Å². The molecule has 0 saturated heterocycles. The summed E-state index contributed by atoms with van der Waals surface area (Å²) in [6, 6.07) is 16.8. The fraction of sp³-hybridized carbons (Fsp3) is 0.704. The van der Waals surface area contributed by atoms with Crippen LogP contribution in [0, 0.1) is 23.7 Å². The summed E-state index contributed by atoms with van der Waals surface area (Å²) in [5.74, 6) is 3.65. The second-order valence-electron chi connectivity index (χ2n) is 22.2. The molecule has 0 aliphatic carbocycles. The monoisotopic (exact) mass is 1160 g/mol. The van der Waals surface area contributed by atoms with Gasteiger partial charge in [0.1, 0.15) is 8.07 Å².